The largest absolute Gasteiger partial charge is 0.493 e. The van der Waals surface area contributed by atoms with Crippen molar-refractivity contribution in [1.82, 2.24) is 15.6 Å². The highest BCUT2D eigenvalue weighted by Crippen LogP contribution is 2.19. The van der Waals surface area contributed by atoms with Crippen LogP contribution in [0, 0.1) is 19.3 Å². The summed E-state index contributed by atoms with van der Waals surface area (Å²) in [5.41, 5.74) is 3.63. The van der Waals surface area contributed by atoms with Gasteiger partial charge in [0, 0.05) is 35.8 Å². The van der Waals surface area contributed by atoms with E-state index in [0.29, 0.717) is 5.56 Å². The van der Waals surface area contributed by atoms with Crippen LogP contribution in [0.3, 0.4) is 0 Å². The van der Waals surface area contributed by atoms with Crippen LogP contribution in [0.1, 0.15) is 42.3 Å². The second-order valence-corrected chi connectivity index (χ2v) is 6.55. The van der Waals surface area contributed by atoms with E-state index in [1.54, 1.807) is 20.0 Å². The van der Waals surface area contributed by atoms with E-state index >= 15 is 0 Å². The number of aromatic hydroxyl groups is 1. The Balaban J connectivity index is 2.08. The average Bonchev–Trinajstić information content (AvgIpc) is 2.61. The van der Waals surface area contributed by atoms with Gasteiger partial charge in [0.05, 0.1) is 5.57 Å². The van der Waals surface area contributed by atoms with E-state index in [2.05, 4.69) is 15.6 Å². The van der Waals surface area contributed by atoms with Gasteiger partial charge in [-0.25, -0.2) is 4.98 Å². The molecule has 1 aromatic carbocycles. The molecule has 0 aliphatic heterocycles. The molecule has 0 spiro atoms. The van der Waals surface area contributed by atoms with Crippen molar-refractivity contribution in [2.75, 3.05) is 0 Å². The van der Waals surface area contributed by atoms with E-state index in [0.717, 1.165) is 16.8 Å². The Hall–Kier alpha value is -3.15. The molecule has 0 radical (unpaired) electrons. The van der Waals surface area contributed by atoms with Gasteiger partial charge in [0.2, 0.25) is 5.88 Å². The third-order valence-corrected chi connectivity index (χ3v) is 4.31. The van der Waals surface area contributed by atoms with Gasteiger partial charge in [-0.1, -0.05) is 30.3 Å². The Morgan fingerprint density at radius 1 is 1.30 bits per heavy atom. The number of aryl methyl sites for hydroxylation is 2. The third-order valence-electron chi connectivity index (χ3n) is 4.31. The van der Waals surface area contributed by atoms with E-state index in [1.807, 2.05) is 50.2 Å². The number of rotatable bonds is 7. The van der Waals surface area contributed by atoms with Crippen LogP contribution in [0.5, 0.6) is 5.88 Å². The van der Waals surface area contributed by atoms with Gasteiger partial charge in [-0.05, 0) is 44.9 Å². The van der Waals surface area contributed by atoms with E-state index in [-0.39, 0.29) is 35.7 Å². The zero-order valence-electron chi connectivity index (χ0n) is 16.1. The minimum absolute atomic E-state index is 0.000868. The molecule has 0 aliphatic rings. The van der Waals surface area contributed by atoms with E-state index in [1.165, 1.54) is 0 Å². The van der Waals surface area contributed by atoms with Crippen molar-refractivity contribution >= 4 is 11.6 Å². The molecule has 0 fully saturated rings. The smallest absolute Gasteiger partial charge is 0.254 e. The lowest BCUT2D eigenvalue weighted by Gasteiger charge is -2.15. The summed E-state index contributed by atoms with van der Waals surface area (Å²) < 4.78 is 0. The molecule has 27 heavy (non-hydrogen) atoms. The van der Waals surface area contributed by atoms with Gasteiger partial charge in [0.15, 0.2) is 0 Å². The van der Waals surface area contributed by atoms with Crippen LogP contribution in [0.25, 0.3) is 0 Å². The first-order chi connectivity index (χ1) is 12.8. The van der Waals surface area contributed by atoms with Crippen molar-refractivity contribution in [3.8, 4) is 5.88 Å². The summed E-state index contributed by atoms with van der Waals surface area (Å²) in [6, 6.07) is 11.7. The highest BCUT2D eigenvalue weighted by atomic mass is 16.3. The number of carbonyl (C=O) groups is 1. The number of nitrogens with one attached hydrogen (secondary N) is 3. The number of aromatic nitrogens is 1. The molecular formula is C21H26N4O2. The molecule has 1 amide bonds. The maximum Gasteiger partial charge on any atom is 0.254 e. The maximum absolute atomic E-state index is 12.5. The first-order valence-corrected chi connectivity index (χ1v) is 8.80. The molecule has 0 aliphatic carbocycles. The van der Waals surface area contributed by atoms with E-state index in [9.17, 15) is 9.90 Å². The molecule has 0 saturated heterocycles. The van der Waals surface area contributed by atoms with Gasteiger partial charge < -0.3 is 21.1 Å². The number of amides is 1. The predicted octanol–water partition coefficient (Wildman–Crippen LogP) is 3.29. The minimum Gasteiger partial charge on any atom is -0.493 e. The number of hydrogen-bond donors (Lipinski definition) is 4. The lowest BCUT2D eigenvalue weighted by molar-refractivity contribution is -0.117. The van der Waals surface area contributed by atoms with Crippen LogP contribution in [0.2, 0.25) is 0 Å². The fraction of sp³-hybridized carbons (Fsp3) is 0.286. The summed E-state index contributed by atoms with van der Waals surface area (Å²) >= 11 is 0. The van der Waals surface area contributed by atoms with Crippen molar-refractivity contribution in [2.24, 2.45) is 0 Å². The number of nitrogens with zero attached hydrogens (tertiary/aromatic N) is 1. The molecule has 6 nitrogen and oxygen atoms in total. The van der Waals surface area contributed by atoms with Crippen molar-refractivity contribution in [3.05, 3.63) is 70.6 Å². The summed E-state index contributed by atoms with van der Waals surface area (Å²) in [6.07, 6.45) is 1.56. The Morgan fingerprint density at radius 2 is 1.96 bits per heavy atom. The summed E-state index contributed by atoms with van der Waals surface area (Å²) in [6.45, 7) is 7.35. The Kier molecular flexibility index (Phi) is 6.71. The van der Waals surface area contributed by atoms with Gasteiger partial charge in [-0.2, -0.15) is 0 Å². The molecule has 1 heterocycles. The van der Waals surface area contributed by atoms with Crippen molar-refractivity contribution in [3.63, 3.8) is 0 Å². The second-order valence-electron chi connectivity index (χ2n) is 6.55. The zero-order valence-corrected chi connectivity index (χ0v) is 16.1. The Labute approximate surface area is 159 Å². The van der Waals surface area contributed by atoms with Crippen molar-refractivity contribution in [1.29, 1.82) is 5.41 Å². The summed E-state index contributed by atoms with van der Waals surface area (Å²) in [5.74, 6) is -0.463. The molecule has 1 atom stereocenters. The van der Waals surface area contributed by atoms with Crippen LogP contribution in [0.15, 0.2) is 48.2 Å². The molecule has 1 unspecified atom stereocenters. The molecule has 0 bridgehead atoms. The lowest BCUT2D eigenvalue weighted by atomic mass is 10.1. The predicted molar refractivity (Wildman–Crippen MR) is 107 cm³/mol. The molecule has 0 saturated carbocycles. The van der Waals surface area contributed by atoms with Gasteiger partial charge in [-0.15, -0.1) is 0 Å². The molecule has 2 rings (SSSR count). The molecule has 4 N–H and O–H groups in total. The number of pyridine rings is 1. The fourth-order valence-electron chi connectivity index (χ4n) is 2.72. The number of hydrogen-bond acceptors (Lipinski definition) is 5. The summed E-state index contributed by atoms with van der Waals surface area (Å²) in [5, 5.41) is 23.8. The normalized spacial score (nSPS) is 12.4. The fourth-order valence-corrected chi connectivity index (χ4v) is 2.72. The topological polar surface area (TPSA) is 98.1 Å². The molecule has 1 aromatic heterocycles. The second kappa shape index (κ2) is 8.98. The van der Waals surface area contributed by atoms with Crippen LogP contribution in [0.4, 0.5) is 0 Å². The molecule has 2 aromatic rings. The number of benzene rings is 1. The van der Waals surface area contributed by atoms with Gasteiger partial charge in [0.1, 0.15) is 0 Å². The summed E-state index contributed by atoms with van der Waals surface area (Å²) in [4.78, 5) is 16.6. The van der Waals surface area contributed by atoms with Gasteiger partial charge in [-0.3, -0.25) is 4.79 Å². The van der Waals surface area contributed by atoms with Crippen molar-refractivity contribution in [2.45, 2.75) is 40.3 Å². The van der Waals surface area contributed by atoms with Gasteiger partial charge >= 0.3 is 0 Å². The standard InChI is InChI=1S/C21H26N4O2/c1-13-10-14(2)25-21(27)18(13)11-24-20(26)19(15(3)22)12-23-16(4)17-8-6-5-7-9-17/h5-10,12,16,22-23H,11H2,1-4H3,(H,24,26)(H,25,27)/b19-12+,22-15?. The molecule has 6 heteroatoms. The Morgan fingerprint density at radius 3 is 2.56 bits per heavy atom. The zero-order chi connectivity index (χ0) is 20.0. The molecular weight excluding hydrogens is 340 g/mol. The lowest BCUT2D eigenvalue weighted by Crippen LogP contribution is -2.29. The highest BCUT2D eigenvalue weighted by Gasteiger charge is 2.15. The van der Waals surface area contributed by atoms with E-state index in [4.69, 9.17) is 5.41 Å². The SMILES string of the molecule is CC(=N)/C(=C\NC(C)c1ccccc1)C(=O)NCc1c(C)cc(C)nc1O. The first-order valence-electron chi connectivity index (χ1n) is 8.80. The number of carbonyl (C=O) groups excluding carboxylic acids is 1. The van der Waals surface area contributed by atoms with E-state index < -0.39 is 0 Å². The quantitative estimate of drug-likeness (QED) is 0.446. The van der Waals surface area contributed by atoms with Crippen LogP contribution in [-0.2, 0) is 11.3 Å². The monoisotopic (exact) mass is 366 g/mol. The highest BCUT2D eigenvalue weighted by molar-refractivity contribution is 6.19. The third kappa shape index (κ3) is 5.41. The van der Waals surface area contributed by atoms with Crippen molar-refractivity contribution < 1.29 is 9.90 Å². The minimum atomic E-state index is -0.380. The van der Waals surface area contributed by atoms with Crippen LogP contribution in [-0.4, -0.2) is 21.7 Å². The van der Waals surface area contributed by atoms with Crippen LogP contribution >= 0.6 is 0 Å². The van der Waals surface area contributed by atoms with Gasteiger partial charge in [0.25, 0.3) is 5.91 Å². The molecule has 142 valence electrons. The summed E-state index contributed by atoms with van der Waals surface area (Å²) in [7, 11) is 0. The maximum atomic E-state index is 12.5. The van der Waals surface area contributed by atoms with Crippen LogP contribution < -0.4 is 10.6 Å². The Bertz CT molecular complexity index is 837. The average molecular weight is 366 g/mol. The first kappa shape index (κ1) is 20.2.